The molecular weight excluding hydrogens is 287 g/mol. The molecule has 110 valence electrons. The van der Waals surface area contributed by atoms with Crippen LogP contribution in [-0.2, 0) is 14.3 Å². The summed E-state index contributed by atoms with van der Waals surface area (Å²) >= 11 is 5.77. The molecule has 5 nitrogen and oxygen atoms in total. The van der Waals surface area contributed by atoms with E-state index in [4.69, 9.17) is 16.3 Å². The smallest absolute Gasteiger partial charge is 0.307 e. The molecule has 20 heavy (non-hydrogen) atoms. The number of amides is 1. The molecule has 0 aliphatic rings. The number of halogens is 2. The molecule has 2 N–H and O–H groups in total. The molecule has 0 fully saturated rings. The highest BCUT2D eigenvalue weighted by molar-refractivity contribution is 6.33. The van der Waals surface area contributed by atoms with Gasteiger partial charge in [0.15, 0.2) is 0 Å². The standard InChI is InChI=1S/C13H16ClFN2O3/c1-2-20-13(19)5-6-16-8-12(18)17-11-4-3-9(15)7-10(11)14/h3-4,7,16H,2,5-6,8H2,1H3,(H,17,18). The van der Waals surface area contributed by atoms with E-state index in [1.807, 2.05) is 0 Å². The van der Waals surface area contributed by atoms with E-state index in [0.29, 0.717) is 18.8 Å². The number of carbonyl (C=O) groups is 2. The van der Waals surface area contributed by atoms with Crippen molar-refractivity contribution in [3.8, 4) is 0 Å². The zero-order chi connectivity index (χ0) is 15.0. The van der Waals surface area contributed by atoms with Crippen molar-refractivity contribution in [3.05, 3.63) is 29.0 Å². The van der Waals surface area contributed by atoms with Crippen molar-refractivity contribution >= 4 is 29.2 Å². The molecule has 0 aliphatic heterocycles. The number of hydrogen-bond acceptors (Lipinski definition) is 4. The molecule has 0 spiro atoms. The summed E-state index contributed by atoms with van der Waals surface area (Å²) in [6, 6.07) is 3.70. The third kappa shape index (κ3) is 5.99. The van der Waals surface area contributed by atoms with E-state index in [-0.39, 0.29) is 29.9 Å². The second kappa shape index (κ2) is 8.50. The van der Waals surface area contributed by atoms with Gasteiger partial charge in [0, 0.05) is 6.54 Å². The summed E-state index contributed by atoms with van der Waals surface area (Å²) in [6.07, 6.45) is 0.193. The Labute approximate surface area is 121 Å². The van der Waals surface area contributed by atoms with E-state index in [1.165, 1.54) is 12.1 Å². The molecule has 1 amide bonds. The Balaban J connectivity index is 2.28. The number of ether oxygens (including phenoxy) is 1. The van der Waals surface area contributed by atoms with Crippen LogP contribution in [0.2, 0.25) is 5.02 Å². The number of nitrogens with one attached hydrogen (secondary N) is 2. The molecule has 0 saturated heterocycles. The molecule has 0 saturated carbocycles. The zero-order valence-corrected chi connectivity index (χ0v) is 11.8. The second-order valence-electron chi connectivity index (χ2n) is 3.90. The van der Waals surface area contributed by atoms with E-state index in [2.05, 4.69) is 10.6 Å². The predicted molar refractivity (Wildman–Crippen MR) is 74.2 cm³/mol. The predicted octanol–water partition coefficient (Wildman–Crippen LogP) is 1.96. The lowest BCUT2D eigenvalue weighted by Crippen LogP contribution is -2.30. The molecule has 0 aliphatic carbocycles. The van der Waals surface area contributed by atoms with Gasteiger partial charge in [0.05, 0.1) is 30.3 Å². The fraction of sp³-hybridized carbons (Fsp3) is 0.385. The number of rotatable bonds is 7. The van der Waals surface area contributed by atoms with Gasteiger partial charge in [-0.1, -0.05) is 11.6 Å². The maximum Gasteiger partial charge on any atom is 0.307 e. The van der Waals surface area contributed by atoms with Gasteiger partial charge in [-0.3, -0.25) is 9.59 Å². The van der Waals surface area contributed by atoms with E-state index in [0.717, 1.165) is 6.07 Å². The van der Waals surface area contributed by atoms with Gasteiger partial charge in [0.2, 0.25) is 5.91 Å². The Morgan fingerprint density at radius 1 is 1.40 bits per heavy atom. The van der Waals surface area contributed by atoms with Gasteiger partial charge in [-0.2, -0.15) is 0 Å². The molecule has 0 aromatic heterocycles. The van der Waals surface area contributed by atoms with Crippen LogP contribution in [0.5, 0.6) is 0 Å². The Hall–Kier alpha value is -1.66. The fourth-order valence-corrected chi connectivity index (χ4v) is 1.63. The lowest BCUT2D eigenvalue weighted by atomic mass is 10.3. The SMILES string of the molecule is CCOC(=O)CCNCC(=O)Nc1ccc(F)cc1Cl. The number of anilines is 1. The summed E-state index contributed by atoms with van der Waals surface area (Å²) in [5, 5.41) is 5.46. The lowest BCUT2D eigenvalue weighted by Gasteiger charge is -2.08. The van der Waals surface area contributed by atoms with Gasteiger partial charge in [0.25, 0.3) is 0 Å². The van der Waals surface area contributed by atoms with Crippen molar-refractivity contribution in [2.45, 2.75) is 13.3 Å². The largest absolute Gasteiger partial charge is 0.466 e. The van der Waals surface area contributed by atoms with Gasteiger partial charge in [-0.25, -0.2) is 4.39 Å². The monoisotopic (exact) mass is 302 g/mol. The van der Waals surface area contributed by atoms with Crippen molar-refractivity contribution in [2.24, 2.45) is 0 Å². The first-order valence-corrected chi connectivity index (χ1v) is 6.52. The average molecular weight is 303 g/mol. The summed E-state index contributed by atoms with van der Waals surface area (Å²) < 4.78 is 17.6. The molecule has 1 aromatic rings. The van der Waals surface area contributed by atoms with Crippen LogP contribution in [0.3, 0.4) is 0 Å². The summed E-state index contributed by atoms with van der Waals surface area (Å²) in [6.45, 7) is 2.42. The Bertz CT molecular complexity index is 483. The van der Waals surface area contributed by atoms with Crippen molar-refractivity contribution in [3.63, 3.8) is 0 Å². The minimum Gasteiger partial charge on any atom is -0.466 e. The number of hydrogen-bond donors (Lipinski definition) is 2. The van der Waals surface area contributed by atoms with Gasteiger partial charge in [0.1, 0.15) is 5.82 Å². The van der Waals surface area contributed by atoms with E-state index in [9.17, 15) is 14.0 Å². The molecule has 7 heteroatoms. The maximum absolute atomic E-state index is 12.8. The van der Waals surface area contributed by atoms with E-state index < -0.39 is 5.82 Å². The molecule has 0 atom stereocenters. The minimum absolute atomic E-state index is 0.0209. The van der Waals surface area contributed by atoms with Crippen LogP contribution in [0, 0.1) is 5.82 Å². The minimum atomic E-state index is -0.472. The van der Waals surface area contributed by atoms with Gasteiger partial charge in [-0.15, -0.1) is 0 Å². The van der Waals surface area contributed by atoms with Gasteiger partial charge < -0.3 is 15.4 Å². The van der Waals surface area contributed by atoms with Gasteiger partial charge >= 0.3 is 5.97 Å². The van der Waals surface area contributed by atoms with Gasteiger partial charge in [-0.05, 0) is 25.1 Å². The van der Waals surface area contributed by atoms with Crippen LogP contribution in [0.15, 0.2) is 18.2 Å². The summed E-state index contributed by atoms with van der Waals surface area (Å²) in [7, 11) is 0. The van der Waals surface area contributed by atoms with Crippen LogP contribution in [-0.4, -0.2) is 31.6 Å². The molecule has 1 rings (SSSR count). The summed E-state index contributed by atoms with van der Waals surface area (Å²) in [5.41, 5.74) is 0.338. The first-order chi connectivity index (χ1) is 9.52. The molecular formula is C13H16ClFN2O3. The number of esters is 1. The third-order valence-corrected chi connectivity index (χ3v) is 2.61. The fourth-order valence-electron chi connectivity index (χ4n) is 1.41. The Morgan fingerprint density at radius 3 is 2.80 bits per heavy atom. The first-order valence-electron chi connectivity index (χ1n) is 6.14. The van der Waals surface area contributed by atoms with Crippen LogP contribution >= 0.6 is 11.6 Å². The van der Waals surface area contributed by atoms with Crippen LogP contribution in [0.1, 0.15) is 13.3 Å². The second-order valence-corrected chi connectivity index (χ2v) is 4.31. The van der Waals surface area contributed by atoms with Crippen molar-refractivity contribution in [2.75, 3.05) is 25.0 Å². The molecule has 0 radical (unpaired) electrons. The summed E-state index contributed by atoms with van der Waals surface area (Å²) in [4.78, 5) is 22.6. The first kappa shape index (κ1) is 16.4. The topological polar surface area (TPSA) is 67.4 Å². The normalized spacial score (nSPS) is 10.2. The molecule has 0 bridgehead atoms. The van der Waals surface area contributed by atoms with Crippen LogP contribution < -0.4 is 10.6 Å². The highest BCUT2D eigenvalue weighted by Crippen LogP contribution is 2.21. The highest BCUT2D eigenvalue weighted by Gasteiger charge is 2.07. The molecule has 1 aromatic carbocycles. The average Bonchev–Trinajstić information content (AvgIpc) is 2.38. The van der Waals surface area contributed by atoms with E-state index in [1.54, 1.807) is 6.92 Å². The van der Waals surface area contributed by atoms with Crippen molar-refractivity contribution in [1.29, 1.82) is 0 Å². The Kier molecular flexibility index (Phi) is 6.97. The van der Waals surface area contributed by atoms with Crippen LogP contribution in [0.25, 0.3) is 0 Å². The van der Waals surface area contributed by atoms with Crippen molar-refractivity contribution < 1.29 is 18.7 Å². The number of carbonyl (C=O) groups excluding carboxylic acids is 2. The maximum atomic E-state index is 12.8. The molecule has 0 unspecified atom stereocenters. The summed E-state index contributed by atoms with van der Waals surface area (Å²) in [5.74, 6) is -1.12. The quantitative estimate of drug-likeness (QED) is 0.597. The highest BCUT2D eigenvalue weighted by atomic mass is 35.5. The van der Waals surface area contributed by atoms with Crippen LogP contribution in [0.4, 0.5) is 10.1 Å². The Morgan fingerprint density at radius 2 is 2.15 bits per heavy atom. The van der Waals surface area contributed by atoms with Crippen molar-refractivity contribution in [1.82, 2.24) is 5.32 Å². The molecule has 0 heterocycles. The van der Waals surface area contributed by atoms with E-state index >= 15 is 0 Å². The number of benzene rings is 1. The zero-order valence-electron chi connectivity index (χ0n) is 11.0. The third-order valence-electron chi connectivity index (χ3n) is 2.30. The lowest BCUT2D eigenvalue weighted by molar-refractivity contribution is -0.143.